The number of piperidine rings is 1. The number of carbonyl (C=O) groups is 1. The van der Waals surface area contributed by atoms with Crippen molar-refractivity contribution in [1.29, 1.82) is 0 Å². The zero-order valence-corrected chi connectivity index (χ0v) is 10.7. The first-order chi connectivity index (χ1) is 7.65. The normalized spacial score (nSPS) is 20.9. The maximum atomic E-state index is 12.0. The van der Waals surface area contributed by atoms with Crippen LogP contribution in [0.3, 0.4) is 0 Å². The molecule has 0 N–H and O–H groups in total. The van der Waals surface area contributed by atoms with Crippen LogP contribution < -0.4 is 0 Å². The van der Waals surface area contributed by atoms with Crippen molar-refractivity contribution in [2.45, 2.75) is 26.7 Å². The smallest absolute Gasteiger partial charge is 0.319 e. The van der Waals surface area contributed by atoms with Gasteiger partial charge in [0, 0.05) is 33.3 Å². The van der Waals surface area contributed by atoms with Gasteiger partial charge in [0.1, 0.15) is 0 Å². The molecule has 1 heterocycles. The number of amides is 2. The topological polar surface area (TPSA) is 32.8 Å². The SMILES string of the molecule is CCOCCN(C)C(=O)N1CCCC(C)C1. The zero-order valence-electron chi connectivity index (χ0n) is 10.7. The predicted octanol–water partition coefficient (Wildman–Crippen LogP) is 1.81. The van der Waals surface area contributed by atoms with Gasteiger partial charge < -0.3 is 14.5 Å². The summed E-state index contributed by atoms with van der Waals surface area (Å²) in [7, 11) is 1.85. The molecule has 1 rings (SSSR count). The molecule has 4 nitrogen and oxygen atoms in total. The number of likely N-dealkylation sites (N-methyl/N-ethyl adjacent to an activating group) is 1. The van der Waals surface area contributed by atoms with Crippen LogP contribution in [0.15, 0.2) is 0 Å². The Bertz CT molecular complexity index is 221. The fraction of sp³-hybridized carbons (Fsp3) is 0.917. The first-order valence-corrected chi connectivity index (χ1v) is 6.23. The van der Waals surface area contributed by atoms with Crippen LogP contribution in [0.2, 0.25) is 0 Å². The molecule has 0 bridgehead atoms. The fourth-order valence-corrected chi connectivity index (χ4v) is 2.05. The molecular weight excluding hydrogens is 204 g/mol. The van der Waals surface area contributed by atoms with Crippen molar-refractivity contribution in [3.8, 4) is 0 Å². The molecule has 1 atom stereocenters. The van der Waals surface area contributed by atoms with Gasteiger partial charge in [-0.25, -0.2) is 4.79 Å². The minimum Gasteiger partial charge on any atom is -0.380 e. The molecule has 4 heteroatoms. The summed E-state index contributed by atoms with van der Waals surface area (Å²) in [6.45, 7) is 8.00. The van der Waals surface area contributed by atoms with Crippen molar-refractivity contribution in [3.05, 3.63) is 0 Å². The maximum absolute atomic E-state index is 12.0. The first-order valence-electron chi connectivity index (χ1n) is 6.23. The number of ether oxygens (including phenoxy) is 1. The van der Waals surface area contributed by atoms with Gasteiger partial charge in [-0.15, -0.1) is 0 Å². The number of nitrogens with zero attached hydrogens (tertiary/aromatic N) is 2. The second-order valence-corrected chi connectivity index (χ2v) is 4.59. The number of hydrogen-bond donors (Lipinski definition) is 0. The monoisotopic (exact) mass is 228 g/mol. The van der Waals surface area contributed by atoms with E-state index >= 15 is 0 Å². The van der Waals surface area contributed by atoms with E-state index in [0.717, 1.165) is 19.5 Å². The van der Waals surface area contributed by atoms with Crippen LogP contribution in [-0.4, -0.2) is 55.7 Å². The van der Waals surface area contributed by atoms with Gasteiger partial charge in [0.05, 0.1) is 6.61 Å². The number of carbonyl (C=O) groups excluding carboxylic acids is 1. The van der Waals surface area contributed by atoms with E-state index in [9.17, 15) is 4.79 Å². The van der Waals surface area contributed by atoms with Gasteiger partial charge in [0.15, 0.2) is 0 Å². The van der Waals surface area contributed by atoms with Crippen LogP contribution in [0.5, 0.6) is 0 Å². The molecule has 0 aromatic carbocycles. The highest BCUT2D eigenvalue weighted by atomic mass is 16.5. The third kappa shape index (κ3) is 4.00. The average molecular weight is 228 g/mol. The lowest BCUT2D eigenvalue weighted by Crippen LogP contribution is -2.46. The number of rotatable bonds is 4. The van der Waals surface area contributed by atoms with Gasteiger partial charge in [0.25, 0.3) is 0 Å². The highest BCUT2D eigenvalue weighted by Gasteiger charge is 2.23. The zero-order chi connectivity index (χ0) is 12.0. The molecule has 0 aliphatic carbocycles. The van der Waals surface area contributed by atoms with Crippen molar-refractivity contribution in [1.82, 2.24) is 9.80 Å². The minimum absolute atomic E-state index is 0.145. The average Bonchev–Trinajstić information content (AvgIpc) is 2.28. The van der Waals surface area contributed by atoms with E-state index in [1.165, 1.54) is 6.42 Å². The second-order valence-electron chi connectivity index (χ2n) is 4.59. The van der Waals surface area contributed by atoms with Crippen LogP contribution in [-0.2, 0) is 4.74 Å². The van der Waals surface area contributed by atoms with Gasteiger partial charge in [0.2, 0.25) is 0 Å². The fourth-order valence-electron chi connectivity index (χ4n) is 2.05. The van der Waals surface area contributed by atoms with Crippen LogP contribution in [0.1, 0.15) is 26.7 Å². The van der Waals surface area contributed by atoms with E-state index in [1.54, 1.807) is 4.90 Å². The Kier molecular flexibility index (Phi) is 5.60. The van der Waals surface area contributed by atoms with Crippen molar-refractivity contribution in [2.75, 3.05) is 39.9 Å². The molecule has 0 saturated carbocycles. The van der Waals surface area contributed by atoms with E-state index in [2.05, 4.69) is 6.92 Å². The summed E-state index contributed by atoms with van der Waals surface area (Å²) in [6, 6.07) is 0.145. The van der Waals surface area contributed by atoms with E-state index in [-0.39, 0.29) is 6.03 Å². The highest BCUT2D eigenvalue weighted by molar-refractivity contribution is 5.74. The largest absolute Gasteiger partial charge is 0.380 e. The summed E-state index contributed by atoms with van der Waals surface area (Å²) in [5.41, 5.74) is 0. The Balaban J connectivity index is 2.31. The molecule has 1 fully saturated rings. The standard InChI is InChI=1S/C12H24N2O2/c1-4-16-9-8-13(3)12(15)14-7-5-6-11(2)10-14/h11H,4-10H2,1-3H3. The van der Waals surface area contributed by atoms with Gasteiger partial charge in [-0.1, -0.05) is 6.92 Å². The Hall–Kier alpha value is -0.770. The first kappa shape index (κ1) is 13.3. The highest BCUT2D eigenvalue weighted by Crippen LogP contribution is 2.16. The van der Waals surface area contributed by atoms with Gasteiger partial charge in [-0.3, -0.25) is 0 Å². The van der Waals surface area contributed by atoms with Crippen molar-refractivity contribution >= 4 is 6.03 Å². The molecule has 94 valence electrons. The third-order valence-corrected chi connectivity index (χ3v) is 3.03. The Morgan fingerprint density at radius 2 is 2.31 bits per heavy atom. The third-order valence-electron chi connectivity index (χ3n) is 3.03. The molecule has 1 saturated heterocycles. The number of urea groups is 1. The lowest BCUT2D eigenvalue weighted by molar-refractivity contribution is 0.106. The summed E-state index contributed by atoms with van der Waals surface area (Å²) in [6.07, 6.45) is 2.37. The lowest BCUT2D eigenvalue weighted by Gasteiger charge is -2.34. The van der Waals surface area contributed by atoms with Crippen molar-refractivity contribution in [3.63, 3.8) is 0 Å². The second kappa shape index (κ2) is 6.74. The molecule has 0 radical (unpaired) electrons. The molecule has 2 amide bonds. The molecule has 1 aliphatic heterocycles. The van der Waals surface area contributed by atoms with E-state index in [0.29, 0.717) is 25.7 Å². The molecule has 0 spiro atoms. The van der Waals surface area contributed by atoms with E-state index in [4.69, 9.17) is 4.74 Å². The molecule has 1 unspecified atom stereocenters. The van der Waals surface area contributed by atoms with Crippen molar-refractivity contribution < 1.29 is 9.53 Å². The molecule has 1 aliphatic rings. The number of likely N-dealkylation sites (tertiary alicyclic amines) is 1. The van der Waals surface area contributed by atoms with Gasteiger partial charge in [-0.2, -0.15) is 0 Å². The molecule has 16 heavy (non-hydrogen) atoms. The molecule has 0 aromatic heterocycles. The van der Waals surface area contributed by atoms with Crippen LogP contribution in [0, 0.1) is 5.92 Å². The summed E-state index contributed by atoms with van der Waals surface area (Å²) >= 11 is 0. The lowest BCUT2D eigenvalue weighted by atomic mass is 10.0. The quantitative estimate of drug-likeness (QED) is 0.687. The summed E-state index contributed by atoms with van der Waals surface area (Å²) in [5, 5.41) is 0. The summed E-state index contributed by atoms with van der Waals surface area (Å²) < 4.78 is 5.25. The van der Waals surface area contributed by atoms with Crippen LogP contribution in [0.4, 0.5) is 4.79 Å². The van der Waals surface area contributed by atoms with Crippen molar-refractivity contribution in [2.24, 2.45) is 5.92 Å². The number of hydrogen-bond acceptors (Lipinski definition) is 2. The Morgan fingerprint density at radius 3 is 2.94 bits per heavy atom. The van der Waals surface area contributed by atoms with Crippen LogP contribution >= 0.6 is 0 Å². The van der Waals surface area contributed by atoms with Crippen LogP contribution in [0.25, 0.3) is 0 Å². The summed E-state index contributed by atoms with van der Waals surface area (Å²) in [5.74, 6) is 0.637. The minimum atomic E-state index is 0.145. The van der Waals surface area contributed by atoms with E-state index < -0.39 is 0 Å². The maximum Gasteiger partial charge on any atom is 0.319 e. The predicted molar refractivity (Wildman–Crippen MR) is 64.5 cm³/mol. The molecular formula is C12H24N2O2. The summed E-state index contributed by atoms with van der Waals surface area (Å²) in [4.78, 5) is 15.8. The molecule has 0 aromatic rings. The Labute approximate surface area is 98.5 Å². The van der Waals surface area contributed by atoms with Gasteiger partial charge >= 0.3 is 6.03 Å². The van der Waals surface area contributed by atoms with E-state index in [1.807, 2.05) is 18.9 Å². The van der Waals surface area contributed by atoms with Gasteiger partial charge in [-0.05, 0) is 25.7 Å². The Morgan fingerprint density at radius 1 is 1.56 bits per heavy atom.